The Balaban J connectivity index is 1.91. The van der Waals surface area contributed by atoms with Gasteiger partial charge in [-0.3, -0.25) is 14.9 Å². The summed E-state index contributed by atoms with van der Waals surface area (Å²) >= 11 is 7.23. The molecule has 0 fully saturated rings. The van der Waals surface area contributed by atoms with Gasteiger partial charge < -0.3 is 9.47 Å². The lowest BCUT2D eigenvalue weighted by Gasteiger charge is -2.11. The third kappa shape index (κ3) is 5.54. The number of nitrogens with zero attached hydrogens (tertiary/aromatic N) is 1. The Morgan fingerprint density at radius 1 is 1.28 bits per heavy atom. The molecule has 7 nitrogen and oxygen atoms in total. The van der Waals surface area contributed by atoms with E-state index in [0.29, 0.717) is 10.7 Å². The first kappa shape index (κ1) is 18.9. The van der Waals surface area contributed by atoms with Gasteiger partial charge in [-0.25, -0.2) is 9.78 Å². The second-order valence-electron chi connectivity index (χ2n) is 4.94. The Labute approximate surface area is 152 Å². The number of imide groups is 1. The lowest BCUT2D eigenvalue weighted by atomic mass is 10.2. The summed E-state index contributed by atoms with van der Waals surface area (Å²) in [5, 5.41) is 5.04. The number of rotatable bonds is 5. The minimum absolute atomic E-state index is 0.0834. The number of carbonyl (C=O) groups is 3. The lowest BCUT2D eigenvalue weighted by molar-refractivity contribution is -0.154. The number of thiazole rings is 1. The maximum atomic E-state index is 11.9. The van der Waals surface area contributed by atoms with Crippen molar-refractivity contribution < 1.29 is 23.9 Å². The van der Waals surface area contributed by atoms with Gasteiger partial charge in [0.1, 0.15) is 5.01 Å². The number of nitrogens with one attached hydrogen (secondary N) is 1. The van der Waals surface area contributed by atoms with Gasteiger partial charge in [0.15, 0.2) is 6.10 Å². The van der Waals surface area contributed by atoms with Crippen molar-refractivity contribution in [1.82, 2.24) is 10.3 Å². The molecule has 0 bridgehead atoms. The number of esters is 1. The average molecular weight is 383 g/mol. The number of ether oxygens (including phenoxy) is 2. The zero-order chi connectivity index (χ0) is 18.4. The highest BCUT2D eigenvalue weighted by atomic mass is 35.5. The van der Waals surface area contributed by atoms with Crippen LogP contribution in [0.4, 0.5) is 4.79 Å². The van der Waals surface area contributed by atoms with Crippen molar-refractivity contribution in [3.05, 3.63) is 40.4 Å². The van der Waals surface area contributed by atoms with Crippen molar-refractivity contribution in [2.75, 3.05) is 7.11 Å². The number of methoxy groups -OCH3 is 1. The van der Waals surface area contributed by atoms with Crippen LogP contribution in [0, 0.1) is 0 Å². The third-order valence-electron chi connectivity index (χ3n) is 3.06. The summed E-state index contributed by atoms with van der Waals surface area (Å²) in [4.78, 5) is 38.8. The molecule has 0 saturated heterocycles. The first-order valence-corrected chi connectivity index (χ1v) is 8.43. The predicted octanol–water partition coefficient (Wildman–Crippen LogP) is 2.82. The van der Waals surface area contributed by atoms with Gasteiger partial charge in [-0.1, -0.05) is 23.7 Å². The van der Waals surface area contributed by atoms with E-state index < -0.39 is 24.1 Å². The van der Waals surface area contributed by atoms with Gasteiger partial charge >= 0.3 is 12.1 Å². The molecule has 132 valence electrons. The summed E-state index contributed by atoms with van der Waals surface area (Å²) in [6.45, 7) is 1.36. The number of hydrogen-bond acceptors (Lipinski definition) is 7. The Kier molecular flexibility index (Phi) is 6.49. The lowest BCUT2D eigenvalue weighted by Crippen LogP contribution is -2.39. The zero-order valence-corrected chi connectivity index (χ0v) is 15.0. The maximum absolute atomic E-state index is 11.9. The van der Waals surface area contributed by atoms with Crippen LogP contribution in [0.5, 0.6) is 0 Å². The first-order chi connectivity index (χ1) is 11.9. The Morgan fingerprint density at radius 2 is 1.96 bits per heavy atom. The van der Waals surface area contributed by atoms with Gasteiger partial charge in [-0.05, 0) is 19.1 Å². The molecular weight excluding hydrogens is 368 g/mol. The smallest absolute Gasteiger partial charge is 0.413 e. The van der Waals surface area contributed by atoms with Crippen molar-refractivity contribution in [3.8, 4) is 10.6 Å². The molecule has 2 amide bonds. The second-order valence-corrected chi connectivity index (χ2v) is 6.24. The summed E-state index contributed by atoms with van der Waals surface area (Å²) in [7, 11) is 1.12. The van der Waals surface area contributed by atoms with E-state index in [1.165, 1.54) is 18.3 Å². The SMILES string of the molecule is COC(=O)NC(=O)[C@@H](C)OC(=O)Cc1csc(-c2ccc(Cl)cc2)n1. The van der Waals surface area contributed by atoms with Crippen molar-refractivity contribution in [2.45, 2.75) is 19.4 Å². The molecule has 0 unspecified atom stereocenters. The summed E-state index contributed by atoms with van der Waals surface area (Å²) < 4.78 is 9.28. The van der Waals surface area contributed by atoms with Gasteiger partial charge in [0.05, 0.1) is 19.2 Å². The number of aromatic nitrogens is 1. The molecule has 1 atom stereocenters. The highest BCUT2D eigenvalue weighted by molar-refractivity contribution is 7.13. The van der Waals surface area contributed by atoms with Crippen LogP contribution in [0.1, 0.15) is 12.6 Å². The zero-order valence-electron chi connectivity index (χ0n) is 13.4. The molecule has 0 radical (unpaired) electrons. The Morgan fingerprint density at radius 3 is 2.60 bits per heavy atom. The van der Waals surface area contributed by atoms with Crippen LogP contribution in [0.2, 0.25) is 5.02 Å². The highest BCUT2D eigenvalue weighted by Gasteiger charge is 2.21. The van der Waals surface area contributed by atoms with E-state index in [-0.39, 0.29) is 6.42 Å². The Bertz CT molecular complexity index is 775. The van der Waals surface area contributed by atoms with E-state index in [1.807, 2.05) is 17.4 Å². The summed E-state index contributed by atoms with van der Waals surface area (Å²) in [5.74, 6) is -1.39. The molecule has 0 aliphatic carbocycles. The van der Waals surface area contributed by atoms with Crippen molar-refractivity contribution in [1.29, 1.82) is 0 Å². The molecule has 25 heavy (non-hydrogen) atoms. The van der Waals surface area contributed by atoms with Crippen molar-refractivity contribution in [2.24, 2.45) is 0 Å². The molecule has 2 rings (SSSR count). The molecular formula is C16H15ClN2O5S. The van der Waals surface area contributed by atoms with Crippen LogP contribution in [-0.4, -0.2) is 36.2 Å². The molecule has 2 aromatic rings. The van der Waals surface area contributed by atoms with Crippen LogP contribution in [0.15, 0.2) is 29.6 Å². The monoisotopic (exact) mass is 382 g/mol. The normalized spacial score (nSPS) is 11.5. The number of amides is 2. The molecule has 1 N–H and O–H groups in total. The number of hydrogen-bond donors (Lipinski definition) is 1. The van der Waals surface area contributed by atoms with Gasteiger partial charge in [0, 0.05) is 16.0 Å². The molecule has 1 heterocycles. The van der Waals surface area contributed by atoms with E-state index in [2.05, 4.69) is 9.72 Å². The van der Waals surface area contributed by atoms with Gasteiger partial charge in [-0.15, -0.1) is 11.3 Å². The first-order valence-electron chi connectivity index (χ1n) is 7.17. The maximum Gasteiger partial charge on any atom is 0.413 e. The standard InChI is InChI=1S/C16H15ClN2O5S/c1-9(14(21)19-16(22)23-2)24-13(20)7-12-8-25-15(18-12)10-3-5-11(17)6-4-10/h3-6,8-9H,7H2,1-2H3,(H,19,21,22)/t9-/m1/s1. The Hall–Kier alpha value is -2.45. The molecule has 1 aromatic heterocycles. The summed E-state index contributed by atoms with van der Waals surface area (Å²) in [6.07, 6.45) is -2.12. The van der Waals surface area contributed by atoms with E-state index in [1.54, 1.807) is 17.5 Å². The minimum atomic E-state index is -1.12. The molecule has 0 spiro atoms. The molecule has 0 aliphatic rings. The van der Waals surface area contributed by atoms with E-state index >= 15 is 0 Å². The van der Waals surface area contributed by atoms with Gasteiger partial charge in [0.25, 0.3) is 5.91 Å². The number of carbonyl (C=O) groups excluding carboxylic acids is 3. The fraction of sp³-hybridized carbons (Fsp3) is 0.250. The summed E-state index contributed by atoms with van der Waals surface area (Å²) in [6, 6.07) is 7.19. The number of benzene rings is 1. The number of halogens is 1. The molecule has 9 heteroatoms. The highest BCUT2D eigenvalue weighted by Crippen LogP contribution is 2.25. The number of alkyl carbamates (subject to hydrolysis) is 1. The van der Waals surface area contributed by atoms with Crippen LogP contribution < -0.4 is 5.32 Å². The molecule has 0 aliphatic heterocycles. The van der Waals surface area contributed by atoms with Crippen LogP contribution >= 0.6 is 22.9 Å². The quantitative estimate of drug-likeness (QED) is 0.799. The summed E-state index contributed by atoms with van der Waals surface area (Å²) in [5.41, 5.74) is 1.42. The van der Waals surface area contributed by atoms with Crippen LogP contribution in [0.3, 0.4) is 0 Å². The van der Waals surface area contributed by atoms with E-state index in [4.69, 9.17) is 16.3 Å². The van der Waals surface area contributed by atoms with E-state index in [0.717, 1.165) is 17.7 Å². The largest absolute Gasteiger partial charge is 0.453 e. The van der Waals surface area contributed by atoms with E-state index in [9.17, 15) is 14.4 Å². The van der Waals surface area contributed by atoms with Crippen molar-refractivity contribution >= 4 is 40.9 Å². The fourth-order valence-electron chi connectivity index (χ4n) is 1.81. The van der Waals surface area contributed by atoms with Crippen LogP contribution in [-0.2, 0) is 25.5 Å². The van der Waals surface area contributed by atoms with Gasteiger partial charge in [0.2, 0.25) is 0 Å². The van der Waals surface area contributed by atoms with Crippen molar-refractivity contribution in [3.63, 3.8) is 0 Å². The van der Waals surface area contributed by atoms with Gasteiger partial charge in [-0.2, -0.15) is 0 Å². The minimum Gasteiger partial charge on any atom is -0.453 e. The topological polar surface area (TPSA) is 94.6 Å². The fourth-order valence-corrected chi connectivity index (χ4v) is 2.76. The second kappa shape index (κ2) is 8.59. The molecule has 1 aromatic carbocycles. The van der Waals surface area contributed by atoms with Crippen LogP contribution in [0.25, 0.3) is 10.6 Å². The average Bonchev–Trinajstić information content (AvgIpc) is 3.03. The molecule has 0 saturated carbocycles. The third-order valence-corrected chi connectivity index (χ3v) is 4.25. The predicted molar refractivity (Wildman–Crippen MR) is 92.4 cm³/mol.